The zero-order chi connectivity index (χ0) is 20.6. The van der Waals surface area contributed by atoms with Crippen LogP contribution in [0.3, 0.4) is 0 Å². The minimum Gasteiger partial charge on any atom is -0.462 e. The van der Waals surface area contributed by atoms with E-state index in [0.29, 0.717) is 24.3 Å². The molecule has 1 heterocycles. The van der Waals surface area contributed by atoms with Gasteiger partial charge in [0.1, 0.15) is 5.92 Å². The van der Waals surface area contributed by atoms with Gasteiger partial charge in [-0.05, 0) is 45.2 Å². The number of aliphatic imine (C=N–C) groups is 1. The second kappa shape index (κ2) is 7.53. The van der Waals surface area contributed by atoms with Crippen LogP contribution in [0.1, 0.15) is 57.1 Å². The van der Waals surface area contributed by atoms with Crippen LogP contribution in [-0.4, -0.2) is 23.6 Å². The molecule has 2 atom stereocenters. The van der Waals surface area contributed by atoms with E-state index in [-0.39, 0.29) is 23.3 Å². The Morgan fingerprint density at radius 3 is 2.54 bits per heavy atom. The van der Waals surface area contributed by atoms with E-state index in [1.807, 2.05) is 0 Å². The molecule has 1 aromatic carbocycles. The minimum absolute atomic E-state index is 0.0855. The largest absolute Gasteiger partial charge is 0.462 e. The number of nitrogens with zero attached hydrogens (tertiary/aromatic N) is 1. The third kappa shape index (κ3) is 3.75. The molecule has 150 valence electrons. The summed E-state index contributed by atoms with van der Waals surface area (Å²) in [6.45, 7) is 4.95. The van der Waals surface area contributed by atoms with Crippen LogP contribution in [0, 0.1) is 5.92 Å². The number of halogens is 3. The van der Waals surface area contributed by atoms with Crippen molar-refractivity contribution in [1.29, 1.82) is 0 Å². The molecule has 4 nitrogen and oxygen atoms in total. The number of carbonyl (C=O) groups excluding carboxylic acids is 2. The molecule has 0 radical (unpaired) electrons. The van der Waals surface area contributed by atoms with Gasteiger partial charge in [-0.1, -0.05) is 18.2 Å². The van der Waals surface area contributed by atoms with Gasteiger partial charge in [0.15, 0.2) is 5.78 Å². The first kappa shape index (κ1) is 20.3. The summed E-state index contributed by atoms with van der Waals surface area (Å²) in [6, 6.07) is 5.11. The second-order valence-electron chi connectivity index (χ2n) is 7.42. The Morgan fingerprint density at radius 2 is 1.89 bits per heavy atom. The van der Waals surface area contributed by atoms with Gasteiger partial charge in [-0.2, -0.15) is 13.2 Å². The Morgan fingerprint density at radius 1 is 1.21 bits per heavy atom. The number of esters is 1. The summed E-state index contributed by atoms with van der Waals surface area (Å²) >= 11 is 0. The number of benzene rings is 1. The SMILES string of the molecule is CC1=NC2=C(C(=O)CCC2)[C@@H](c2ccccc2C(F)(F)F)C1C(=O)OC(C)C. The number of ether oxygens (including phenoxy) is 1. The zero-order valence-electron chi connectivity index (χ0n) is 16.0. The Bertz CT molecular complexity index is 868. The van der Waals surface area contributed by atoms with Crippen molar-refractivity contribution in [3.05, 3.63) is 46.7 Å². The number of ketones is 1. The lowest BCUT2D eigenvalue weighted by atomic mass is 9.70. The normalized spacial score (nSPS) is 22.8. The molecule has 1 unspecified atom stereocenters. The molecule has 1 aliphatic heterocycles. The summed E-state index contributed by atoms with van der Waals surface area (Å²) in [5.41, 5.74) is 0.157. The first-order chi connectivity index (χ1) is 13.1. The first-order valence-corrected chi connectivity index (χ1v) is 9.29. The number of allylic oxidation sites excluding steroid dienone is 2. The Kier molecular flexibility index (Phi) is 5.46. The van der Waals surface area contributed by atoms with Crippen molar-refractivity contribution in [2.24, 2.45) is 10.9 Å². The Balaban J connectivity index is 2.23. The van der Waals surface area contributed by atoms with Crippen molar-refractivity contribution in [2.75, 3.05) is 0 Å². The van der Waals surface area contributed by atoms with Crippen molar-refractivity contribution < 1.29 is 27.5 Å². The maximum Gasteiger partial charge on any atom is 0.416 e. The van der Waals surface area contributed by atoms with Crippen LogP contribution < -0.4 is 0 Å². The molecular formula is C21H22F3NO3. The van der Waals surface area contributed by atoms with Gasteiger partial charge in [0.25, 0.3) is 0 Å². The zero-order valence-corrected chi connectivity index (χ0v) is 16.0. The summed E-state index contributed by atoms with van der Waals surface area (Å²) in [4.78, 5) is 30.0. The van der Waals surface area contributed by atoms with E-state index < -0.39 is 35.6 Å². The number of hydrogen-bond donors (Lipinski definition) is 0. The summed E-state index contributed by atoms with van der Waals surface area (Å²) in [5.74, 6) is -3.03. The van der Waals surface area contributed by atoms with E-state index in [4.69, 9.17) is 4.74 Å². The highest BCUT2D eigenvalue weighted by Crippen LogP contribution is 2.47. The van der Waals surface area contributed by atoms with E-state index in [1.54, 1.807) is 20.8 Å². The van der Waals surface area contributed by atoms with Crippen LogP contribution in [0.4, 0.5) is 13.2 Å². The molecule has 1 aromatic rings. The number of carbonyl (C=O) groups is 2. The number of rotatable bonds is 3. The highest BCUT2D eigenvalue weighted by Gasteiger charge is 2.46. The van der Waals surface area contributed by atoms with Gasteiger partial charge >= 0.3 is 12.1 Å². The molecule has 1 aliphatic carbocycles. The lowest BCUT2D eigenvalue weighted by molar-refractivity contribution is -0.151. The molecule has 0 aromatic heterocycles. The van der Waals surface area contributed by atoms with Crippen LogP contribution in [0.25, 0.3) is 0 Å². The van der Waals surface area contributed by atoms with E-state index >= 15 is 0 Å². The van der Waals surface area contributed by atoms with Gasteiger partial charge in [-0.3, -0.25) is 14.6 Å². The maximum absolute atomic E-state index is 13.7. The highest BCUT2D eigenvalue weighted by atomic mass is 19.4. The van der Waals surface area contributed by atoms with E-state index in [9.17, 15) is 22.8 Å². The van der Waals surface area contributed by atoms with Crippen molar-refractivity contribution in [1.82, 2.24) is 0 Å². The second-order valence-corrected chi connectivity index (χ2v) is 7.42. The average Bonchev–Trinajstić information content (AvgIpc) is 2.59. The summed E-state index contributed by atoms with van der Waals surface area (Å²) in [5, 5.41) is 0. The van der Waals surface area contributed by atoms with Crippen LogP contribution >= 0.6 is 0 Å². The summed E-state index contributed by atoms with van der Waals surface area (Å²) in [7, 11) is 0. The Hall–Kier alpha value is -2.44. The van der Waals surface area contributed by atoms with Crippen LogP contribution in [0.5, 0.6) is 0 Å². The van der Waals surface area contributed by atoms with Gasteiger partial charge in [-0.25, -0.2) is 0 Å². The quantitative estimate of drug-likeness (QED) is 0.691. The fourth-order valence-electron chi connectivity index (χ4n) is 3.98. The van der Waals surface area contributed by atoms with Gasteiger partial charge in [-0.15, -0.1) is 0 Å². The molecule has 0 fully saturated rings. The van der Waals surface area contributed by atoms with E-state index in [0.717, 1.165) is 6.07 Å². The van der Waals surface area contributed by atoms with Gasteiger partial charge in [0.05, 0.1) is 11.7 Å². The predicted octanol–water partition coefficient (Wildman–Crippen LogP) is 4.84. The molecule has 0 N–H and O–H groups in total. The molecule has 0 saturated carbocycles. The van der Waals surface area contributed by atoms with Gasteiger partial charge in [0.2, 0.25) is 0 Å². The average molecular weight is 393 g/mol. The molecule has 2 aliphatic rings. The molecule has 0 saturated heterocycles. The van der Waals surface area contributed by atoms with Crippen molar-refractivity contribution in [2.45, 2.75) is 58.2 Å². The van der Waals surface area contributed by atoms with Crippen LogP contribution in [0.15, 0.2) is 40.5 Å². The van der Waals surface area contributed by atoms with E-state index in [2.05, 4.69) is 4.99 Å². The highest BCUT2D eigenvalue weighted by molar-refractivity contribution is 6.08. The lowest BCUT2D eigenvalue weighted by Gasteiger charge is -2.35. The van der Waals surface area contributed by atoms with Crippen molar-refractivity contribution >= 4 is 17.5 Å². The molecule has 28 heavy (non-hydrogen) atoms. The van der Waals surface area contributed by atoms with Gasteiger partial charge < -0.3 is 4.74 Å². The third-order valence-corrected chi connectivity index (χ3v) is 5.04. The third-order valence-electron chi connectivity index (χ3n) is 5.04. The van der Waals surface area contributed by atoms with Crippen molar-refractivity contribution in [3.63, 3.8) is 0 Å². The molecule has 0 spiro atoms. The van der Waals surface area contributed by atoms with Crippen LogP contribution in [0.2, 0.25) is 0 Å². The van der Waals surface area contributed by atoms with E-state index in [1.165, 1.54) is 18.2 Å². The lowest BCUT2D eigenvalue weighted by Crippen LogP contribution is -2.38. The minimum atomic E-state index is -4.61. The molecular weight excluding hydrogens is 371 g/mol. The number of Topliss-reactive ketones (excluding diaryl/α,β-unsaturated/α-hetero) is 1. The molecule has 0 amide bonds. The molecule has 7 heteroatoms. The fraction of sp³-hybridized carbons (Fsp3) is 0.476. The number of hydrogen-bond acceptors (Lipinski definition) is 4. The smallest absolute Gasteiger partial charge is 0.416 e. The topological polar surface area (TPSA) is 55.7 Å². The first-order valence-electron chi connectivity index (χ1n) is 9.29. The summed E-state index contributed by atoms with van der Waals surface area (Å²) < 4.78 is 46.5. The summed E-state index contributed by atoms with van der Waals surface area (Å²) in [6.07, 6.45) is -3.69. The Labute approximate surface area is 161 Å². The van der Waals surface area contributed by atoms with Crippen LogP contribution in [-0.2, 0) is 20.5 Å². The molecule has 0 bridgehead atoms. The fourth-order valence-corrected chi connectivity index (χ4v) is 3.98. The number of alkyl halides is 3. The van der Waals surface area contributed by atoms with Gasteiger partial charge in [0, 0.05) is 29.3 Å². The monoisotopic (exact) mass is 393 g/mol. The standard InChI is InChI=1S/C21H22F3NO3/c1-11(2)28-20(27)17-12(3)25-15-9-6-10-16(26)19(15)18(17)13-7-4-5-8-14(13)21(22,23)24/h4-5,7-8,11,17-18H,6,9-10H2,1-3H3/t17?,18-/m0/s1. The predicted molar refractivity (Wildman–Crippen MR) is 97.9 cm³/mol. The molecule has 3 rings (SSSR count). The maximum atomic E-state index is 13.7. The van der Waals surface area contributed by atoms with Crippen molar-refractivity contribution in [3.8, 4) is 0 Å².